The second-order valence-electron chi connectivity index (χ2n) is 6.66. The molecule has 2 bridgehead atoms. The average Bonchev–Trinajstić information content (AvgIpc) is 3.09. The van der Waals surface area contributed by atoms with Gasteiger partial charge in [0.05, 0.1) is 0 Å². The number of nitrogens with one attached hydrogen (secondary N) is 1. The van der Waals surface area contributed by atoms with Crippen LogP contribution in [0, 0.1) is 17.8 Å². The fourth-order valence-electron chi connectivity index (χ4n) is 4.50. The Labute approximate surface area is 128 Å². The lowest BCUT2D eigenvalue weighted by atomic mass is 9.83. The van der Waals surface area contributed by atoms with Crippen molar-refractivity contribution in [2.45, 2.75) is 36.9 Å². The molecule has 0 saturated heterocycles. The van der Waals surface area contributed by atoms with Gasteiger partial charge in [-0.15, -0.1) is 0 Å². The zero-order chi connectivity index (χ0) is 13.7. The number of rotatable bonds is 2. The van der Waals surface area contributed by atoms with Crippen LogP contribution in [0.2, 0.25) is 0 Å². The SMILES string of the molecule is O=C1NCCc2ccc(C(Br)C3CC4CCC3C4)cc21. The summed E-state index contributed by atoms with van der Waals surface area (Å²) in [7, 11) is 0. The second kappa shape index (κ2) is 4.87. The molecule has 3 heteroatoms. The Hall–Kier alpha value is -0.830. The van der Waals surface area contributed by atoms with Crippen LogP contribution in [-0.2, 0) is 6.42 Å². The van der Waals surface area contributed by atoms with Crippen molar-refractivity contribution in [3.8, 4) is 0 Å². The highest BCUT2D eigenvalue weighted by Crippen LogP contribution is 2.54. The number of fused-ring (bicyclic) bond motifs is 3. The number of alkyl halides is 1. The first kappa shape index (κ1) is 12.9. The van der Waals surface area contributed by atoms with E-state index in [2.05, 4.69) is 39.4 Å². The number of hydrogen-bond donors (Lipinski definition) is 1. The lowest BCUT2D eigenvalue weighted by molar-refractivity contribution is 0.0946. The smallest absolute Gasteiger partial charge is 0.251 e. The number of amides is 1. The third-order valence-electron chi connectivity index (χ3n) is 5.55. The minimum Gasteiger partial charge on any atom is -0.352 e. The maximum atomic E-state index is 12.0. The van der Waals surface area contributed by atoms with Crippen molar-refractivity contribution in [3.63, 3.8) is 0 Å². The summed E-state index contributed by atoms with van der Waals surface area (Å²) in [5.41, 5.74) is 3.38. The van der Waals surface area contributed by atoms with E-state index in [0.29, 0.717) is 4.83 Å². The predicted octanol–water partition coefficient (Wildman–Crippen LogP) is 3.84. The lowest BCUT2D eigenvalue weighted by Crippen LogP contribution is -2.32. The van der Waals surface area contributed by atoms with Gasteiger partial charge in [0.25, 0.3) is 5.91 Å². The molecule has 0 radical (unpaired) electrons. The Morgan fingerprint density at radius 3 is 2.90 bits per heavy atom. The first-order valence-corrected chi connectivity index (χ1v) is 8.69. The molecule has 1 N–H and O–H groups in total. The van der Waals surface area contributed by atoms with E-state index in [1.807, 2.05) is 0 Å². The minimum absolute atomic E-state index is 0.0979. The highest BCUT2D eigenvalue weighted by Gasteiger charge is 2.42. The largest absolute Gasteiger partial charge is 0.352 e. The molecular formula is C17H20BrNO. The molecule has 0 spiro atoms. The van der Waals surface area contributed by atoms with Crippen LogP contribution in [0.1, 0.15) is 52.0 Å². The highest BCUT2D eigenvalue weighted by atomic mass is 79.9. The van der Waals surface area contributed by atoms with Crippen LogP contribution in [0.3, 0.4) is 0 Å². The van der Waals surface area contributed by atoms with Gasteiger partial charge in [-0.05, 0) is 60.6 Å². The summed E-state index contributed by atoms with van der Waals surface area (Å²) in [4.78, 5) is 12.4. The van der Waals surface area contributed by atoms with Crippen LogP contribution in [-0.4, -0.2) is 12.5 Å². The molecule has 2 nitrogen and oxygen atoms in total. The molecule has 2 aliphatic carbocycles. The van der Waals surface area contributed by atoms with Gasteiger partial charge in [-0.1, -0.05) is 34.5 Å². The quantitative estimate of drug-likeness (QED) is 0.818. The molecule has 3 aliphatic rings. The lowest BCUT2D eigenvalue weighted by Gasteiger charge is -2.28. The Bertz CT molecular complexity index is 556. The summed E-state index contributed by atoms with van der Waals surface area (Å²) in [6, 6.07) is 6.50. The van der Waals surface area contributed by atoms with Gasteiger partial charge < -0.3 is 5.32 Å². The zero-order valence-electron chi connectivity index (χ0n) is 11.6. The summed E-state index contributed by atoms with van der Waals surface area (Å²) in [6.07, 6.45) is 6.60. The van der Waals surface area contributed by atoms with Crippen LogP contribution in [0.15, 0.2) is 18.2 Å². The van der Waals surface area contributed by atoms with Crippen molar-refractivity contribution < 1.29 is 4.79 Å². The third kappa shape index (κ3) is 2.02. The van der Waals surface area contributed by atoms with Gasteiger partial charge in [0.2, 0.25) is 0 Å². The van der Waals surface area contributed by atoms with E-state index in [0.717, 1.165) is 36.3 Å². The first-order valence-electron chi connectivity index (χ1n) is 7.77. The van der Waals surface area contributed by atoms with E-state index >= 15 is 0 Å². The van der Waals surface area contributed by atoms with Crippen LogP contribution in [0.5, 0.6) is 0 Å². The van der Waals surface area contributed by atoms with Crippen LogP contribution >= 0.6 is 15.9 Å². The van der Waals surface area contributed by atoms with E-state index < -0.39 is 0 Å². The van der Waals surface area contributed by atoms with E-state index in [-0.39, 0.29) is 5.91 Å². The van der Waals surface area contributed by atoms with Crippen LogP contribution in [0.4, 0.5) is 0 Å². The van der Waals surface area contributed by atoms with E-state index in [1.54, 1.807) is 0 Å². The van der Waals surface area contributed by atoms with E-state index in [4.69, 9.17) is 0 Å². The first-order chi connectivity index (χ1) is 9.72. The predicted molar refractivity (Wildman–Crippen MR) is 83.1 cm³/mol. The minimum atomic E-state index is 0.0979. The van der Waals surface area contributed by atoms with Gasteiger partial charge in [-0.3, -0.25) is 4.79 Å². The summed E-state index contributed by atoms with van der Waals surface area (Å²) >= 11 is 3.93. The van der Waals surface area contributed by atoms with Gasteiger partial charge in [-0.25, -0.2) is 0 Å². The van der Waals surface area contributed by atoms with Crippen molar-refractivity contribution in [1.29, 1.82) is 0 Å². The normalized spacial score (nSPS) is 32.9. The van der Waals surface area contributed by atoms with Crippen molar-refractivity contribution in [3.05, 3.63) is 34.9 Å². The second-order valence-corrected chi connectivity index (χ2v) is 7.65. The van der Waals surface area contributed by atoms with E-state index in [9.17, 15) is 4.79 Å². The fraction of sp³-hybridized carbons (Fsp3) is 0.588. The molecule has 1 aliphatic heterocycles. The summed E-state index contributed by atoms with van der Waals surface area (Å²) in [5.74, 6) is 2.72. The molecule has 4 unspecified atom stereocenters. The Morgan fingerprint density at radius 2 is 2.15 bits per heavy atom. The van der Waals surface area contributed by atoms with Crippen LogP contribution < -0.4 is 5.32 Å². The molecular weight excluding hydrogens is 314 g/mol. The maximum Gasteiger partial charge on any atom is 0.251 e. The number of benzene rings is 1. The topological polar surface area (TPSA) is 29.1 Å². The van der Waals surface area contributed by atoms with Crippen molar-refractivity contribution >= 4 is 21.8 Å². The molecule has 1 heterocycles. The van der Waals surface area contributed by atoms with Gasteiger partial charge in [0, 0.05) is 16.9 Å². The van der Waals surface area contributed by atoms with E-state index in [1.165, 1.54) is 36.8 Å². The Morgan fingerprint density at radius 1 is 1.25 bits per heavy atom. The number of carbonyl (C=O) groups is 1. The average molecular weight is 334 g/mol. The van der Waals surface area contributed by atoms with Gasteiger partial charge in [0.1, 0.15) is 0 Å². The highest BCUT2D eigenvalue weighted by molar-refractivity contribution is 9.09. The molecule has 1 aromatic rings. The molecule has 4 rings (SSSR count). The Kier molecular flexibility index (Phi) is 3.13. The third-order valence-corrected chi connectivity index (χ3v) is 6.75. The molecule has 106 valence electrons. The number of hydrogen-bond acceptors (Lipinski definition) is 1. The maximum absolute atomic E-state index is 12.0. The summed E-state index contributed by atoms with van der Waals surface area (Å²) in [5, 5.41) is 2.95. The molecule has 0 aromatic heterocycles. The molecule has 1 aromatic carbocycles. The zero-order valence-corrected chi connectivity index (χ0v) is 13.2. The summed E-state index contributed by atoms with van der Waals surface area (Å²) in [6.45, 7) is 0.773. The Balaban J connectivity index is 1.62. The van der Waals surface area contributed by atoms with Gasteiger partial charge >= 0.3 is 0 Å². The number of halogens is 1. The molecule has 2 saturated carbocycles. The molecule has 1 amide bonds. The monoisotopic (exact) mass is 333 g/mol. The van der Waals surface area contributed by atoms with Gasteiger partial charge in [0.15, 0.2) is 0 Å². The molecule has 2 fully saturated rings. The fourth-order valence-corrected chi connectivity index (χ4v) is 5.43. The molecule has 20 heavy (non-hydrogen) atoms. The van der Waals surface area contributed by atoms with Crippen molar-refractivity contribution in [2.24, 2.45) is 17.8 Å². The summed E-state index contributed by atoms with van der Waals surface area (Å²) < 4.78 is 0. The van der Waals surface area contributed by atoms with Crippen molar-refractivity contribution in [2.75, 3.05) is 6.54 Å². The number of carbonyl (C=O) groups excluding carboxylic acids is 1. The van der Waals surface area contributed by atoms with Crippen molar-refractivity contribution in [1.82, 2.24) is 5.32 Å². The molecule has 4 atom stereocenters. The standard InChI is InChI=1S/C17H20BrNO/c18-16(14-8-10-1-2-12(14)7-10)13-4-3-11-5-6-19-17(20)15(11)9-13/h3-4,9-10,12,14,16H,1-2,5-8H2,(H,19,20). The van der Waals surface area contributed by atoms with Crippen LogP contribution in [0.25, 0.3) is 0 Å². The van der Waals surface area contributed by atoms with Gasteiger partial charge in [-0.2, -0.15) is 0 Å².